The molecule has 2 aromatic carbocycles. The third kappa shape index (κ3) is 4.44. The number of carboxylic acids is 1. The van der Waals surface area contributed by atoms with Crippen LogP contribution in [-0.2, 0) is 16.0 Å². The second kappa shape index (κ2) is 8.50. The number of carbonyl (C=O) groups is 2. The van der Waals surface area contributed by atoms with Gasteiger partial charge in [0.15, 0.2) is 0 Å². The molecule has 2 atom stereocenters. The summed E-state index contributed by atoms with van der Waals surface area (Å²) in [7, 11) is 0. The number of nitrogens with zero attached hydrogens (tertiary/aromatic N) is 3. The van der Waals surface area contributed by atoms with Gasteiger partial charge < -0.3 is 5.11 Å². The van der Waals surface area contributed by atoms with E-state index < -0.39 is 17.7 Å². The summed E-state index contributed by atoms with van der Waals surface area (Å²) in [6.45, 7) is -0.186. The van der Waals surface area contributed by atoms with Crippen molar-refractivity contribution in [2.75, 3.05) is 6.54 Å². The lowest BCUT2D eigenvalue weighted by atomic mass is 9.79. The maximum atomic E-state index is 12.2. The minimum absolute atomic E-state index is 0.186. The fraction of sp³-hybridized carbons (Fsp3) is 0.222. The van der Waals surface area contributed by atoms with Crippen LogP contribution in [0.5, 0.6) is 0 Å². The Morgan fingerprint density at radius 1 is 1.04 bits per heavy atom. The van der Waals surface area contributed by atoms with Crippen LogP contribution in [0.2, 0.25) is 0 Å². The summed E-state index contributed by atoms with van der Waals surface area (Å²) in [4.78, 5) is 26.1. The topological polar surface area (TPSA) is 103 Å². The number of Topliss-reactive ketones (excluding diaryl/α,β-unsaturated/α-hetero) is 1. The Bertz CT molecular complexity index is 741. The third-order valence-electron chi connectivity index (χ3n) is 3.90. The van der Waals surface area contributed by atoms with Gasteiger partial charge in [0.1, 0.15) is 0 Å². The molecule has 1 N–H and O–H groups in total. The Hall–Kier alpha value is -3.11. The Morgan fingerprint density at radius 3 is 2.17 bits per heavy atom. The molecule has 0 aromatic heterocycles. The van der Waals surface area contributed by atoms with Crippen molar-refractivity contribution in [2.45, 2.75) is 12.3 Å². The van der Waals surface area contributed by atoms with Crippen LogP contribution in [0.3, 0.4) is 0 Å². The van der Waals surface area contributed by atoms with Crippen LogP contribution in [0.25, 0.3) is 10.4 Å². The molecule has 0 amide bonds. The van der Waals surface area contributed by atoms with Crippen molar-refractivity contribution in [1.82, 2.24) is 0 Å². The first-order valence-corrected chi connectivity index (χ1v) is 7.50. The largest absolute Gasteiger partial charge is 0.475 e. The van der Waals surface area contributed by atoms with Crippen molar-refractivity contribution in [3.63, 3.8) is 0 Å². The van der Waals surface area contributed by atoms with E-state index in [1.807, 2.05) is 60.7 Å². The molecular formula is C18H17N3O3. The van der Waals surface area contributed by atoms with Crippen LogP contribution in [0.1, 0.15) is 17.0 Å². The summed E-state index contributed by atoms with van der Waals surface area (Å²) in [6, 6.07) is 18.7. The fourth-order valence-electron chi connectivity index (χ4n) is 2.74. The highest BCUT2D eigenvalue weighted by Gasteiger charge is 2.33. The molecule has 0 fully saturated rings. The average molecular weight is 323 g/mol. The summed E-state index contributed by atoms with van der Waals surface area (Å²) in [5, 5.41) is 12.6. The van der Waals surface area contributed by atoms with E-state index in [0.717, 1.165) is 11.1 Å². The number of aliphatic carboxylic acids is 1. The van der Waals surface area contributed by atoms with Gasteiger partial charge in [-0.2, -0.15) is 0 Å². The first kappa shape index (κ1) is 17.2. The van der Waals surface area contributed by atoms with Crippen LogP contribution < -0.4 is 0 Å². The van der Waals surface area contributed by atoms with Gasteiger partial charge in [-0.1, -0.05) is 65.8 Å². The molecule has 2 aromatic rings. The van der Waals surface area contributed by atoms with Crippen LogP contribution in [-0.4, -0.2) is 23.4 Å². The molecule has 6 nitrogen and oxygen atoms in total. The number of hydrogen-bond donors (Lipinski definition) is 1. The number of hydrogen-bond acceptors (Lipinski definition) is 3. The molecule has 24 heavy (non-hydrogen) atoms. The second-order valence-electron chi connectivity index (χ2n) is 5.40. The molecule has 0 spiro atoms. The first-order valence-electron chi connectivity index (χ1n) is 7.50. The van der Waals surface area contributed by atoms with Crippen molar-refractivity contribution in [3.05, 3.63) is 82.2 Å². The van der Waals surface area contributed by atoms with E-state index >= 15 is 0 Å². The van der Waals surface area contributed by atoms with Gasteiger partial charge in [0.25, 0.3) is 0 Å². The Morgan fingerprint density at radius 2 is 1.62 bits per heavy atom. The Labute approximate surface area is 139 Å². The molecule has 0 heterocycles. The lowest BCUT2D eigenvalue weighted by Gasteiger charge is -2.24. The van der Waals surface area contributed by atoms with Gasteiger partial charge in [0.05, 0.1) is 0 Å². The van der Waals surface area contributed by atoms with Crippen molar-refractivity contribution in [1.29, 1.82) is 0 Å². The van der Waals surface area contributed by atoms with Crippen LogP contribution in [0.4, 0.5) is 0 Å². The van der Waals surface area contributed by atoms with Crippen LogP contribution >= 0.6 is 0 Å². The predicted octanol–water partition coefficient (Wildman–Crippen LogP) is 3.59. The fourth-order valence-corrected chi connectivity index (χ4v) is 2.74. The van der Waals surface area contributed by atoms with E-state index in [1.54, 1.807) is 0 Å². The number of carboxylic acid groups (broad SMARTS) is 1. The van der Waals surface area contributed by atoms with Gasteiger partial charge >= 0.3 is 5.97 Å². The molecule has 2 rings (SSSR count). The second-order valence-corrected chi connectivity index (χ2v) is 5.40. The van der Waals surface area contributed by atoms with Gasteiger partial charge in [-0.25, -0.2) is 4.79 Å². The molecule has 6 heteroatoms. The zero-order chi connectivity index (χ0) is 17.4. The Balaban J connectivity index is 2.42. The third-order valence-corrected chi connectivity index (χ3v) is 3.90. The zero-order valence-electron chi connectivity index (χ0n) is 12.9. The maximum Gasteiger partial charge on any atom is 0.372 e. The number of ketones is 1. The molecule has 2 unspecified atom stereocenters. The normalized spacial score (nSPS) is 12.7. The summed E-state index contributed by atoms with van der Waals surface area (Å²) in [5.74, 6) is -3.75. The predicted molar refractivity (Wildman–Crippen MR) is 89.5 cm³/mol. The summed E-state index contributed by atoms with van der Waals surface area (Å²) >= 11 is 0. The molecule has 0 bridgehead atoms. The van der Waals surface area contributed by atoms with Crippen molar-refractivity contribution in [2.24, 2.45) is 11.0 Å². The molecular weight excluding hydrogens is 306 g/mol. The average Bonchev–Trinajstić information content (AvgIpc) is 2.62. The highest BCUT2D eigenvalue weighted by atomic mass is 16.4. The van der Waals surface area contributed by atoms with E-state index in [0.29, 0.717) is 6.42 Å². The summed E-state index contributed by atoms with van der Waals surface area (Å²) in [5.41, 5.74) is 10.4. The van der Waals surface area contributed by atoms with E-state index in [4.69, 9.17) is 10.6 Å². The van der Waals surface area contributed by atoms with Crippen LogP contribution in [0.15, 0.2) is 65.8 Å². The summed E-state index contributed by atoms with van der Waals surface area (Å²) in [6.07, 6.45) is 0.482. The van der Waals surface area contributed by atoms with Gasteiger partial charge in [-0.05, 0) is 29.0 Å². The number of rotatable bonds is 8. The van der Waals surface area contributed by atoms with Crippen LogP contribution in [0, 0.1) is 5.92 Å². The van der Waals surface area contributed by atoms with Gasteiger partial charge in [-0.15, -0.1) is 0 Å². The molecule has 0 saturated carbocycles. The van der Waals surface area contributed by atoms with Gasteiger partial charge in [0.2, 0.25) is 5.78 Å². The first-order chi connectivity index (χ1) is 11.6. The lowest BCUT2D eigenvalue weighted by molar-refractivity contribution is -0.151. The van der Waals surface area contributed by atoms with Gasteiger partial charge in [0, 0.05) is 17.4 Å². The van der Waals surface area contributed by atoms with E-state index in [2.05, 4.69) is 10.0 Å². The number of azide groups is 1. The maximum absolute atomic E-state index is 12.2. The summed E-state index contributed by atoms with van der Waals surface area (Å²) < 4.78 is 0. The Kier molecular flexibility index (Phi) is 6.11. The van der Waals surface area contributed by atoms with Crippen molar-refractivity contribution >= 4 is 11.8 Å². The minimum Gasteiger partial charge on any atom is -0.475 e. The molecule has 0 aliphatic rings. The quantitative estimate of drug-likeness (QED) is 0.347. The number of carbonyl (C=O) groups excluding carboxylic acids is 1. The molecule has 0 radical (unpaired) electrons. The molecule has 0 saturated heterocycles. The monoisotopic (exact) mass is 323 g/mol. The SMILES string of the molecule is [N-]=[N+]=NCC(C(=O)C(=O)O)C(Cc1ccccc1)c1ccccc1. The van der Waals surface area contributed by atoms with Crippen molar-refractivity contribution in [3.8, 4) is 0 Å². The van der Waals surface area contributed by atoms with E-state index in [9.17, 15) is 9.59 Å². The molecule has 122 valence electrons. The van der Waals surface area contributed by atoms with Gasteiger partial charge in [-0.3, -0.25) is 4.79 Å². The van der Waals surface area contributed by atoms with E-state index in [-0.39, 0.29) is 12.5 Å². The smallest absolute Gasteiger partial charge is 0.372 e. The zero-order valence-corrected chi connectivity index (χ0v) is 12.9. The molecule has 0 aliphatic carbocycles. The number of benzene rings is 2. The van der Waals surface area contributed by atoms with Crippen molar-refractivity contribution < 1.29 is 14.7 Å². The standard InChI is InChI=1S/C18H17N3O3/c19-21-20-12-16(17(22)18(23)24)15(14-9-5-2-6-10-14)11-13-7-3-1-4-8-13/h1-10,15-16H,11-12H2,(H,23,24). The van der Waals surface area contributed by atoms with E-state index in [1.165, 1.54) is 0 Å². The highest BCUT2D eigenvalue weighted by Crippen LogP contribution is 2.30. The highest BCUT2D eigenvalue weighted by molar-refractivity contribution is 6.33. The lowest BCUT2D eigenvalue weighted by Crippen LogP contribution is -2.32. The minimum atomic E-state index is -1.51. The molecule has 0 aliphatic heterocycles.